The van der Waals surface area contributed by atoms with Crippen molar-refractivity contribution in [2.24, 2.45) is 14.1 Å². The topological polar surface area (TPSA) is 127 Å². The predicted molar refractivity (Wildman–Crippen MR) is 147 cm³/mol. The smallest absolute Gasteiger partial charge is 0.332 e. The molecule has 1 unspecified atom stereocenters. The third kappa shape index (κ3) is 4.91. The van der Waals surface area contributed by atoms with Gasteiger partial charge in [-0.3, -0.25) is 23.5 Å². The van der Waals surface area contributed by atoms with Crippen LogP contribution in [0.5, 0.6) is 0 Å². The second-order valence-electron chi connectivity index (χ2n) is 9.40. The van der Waals surface area contributed by atoms with Crippen LogP contribution in [0.25, 0.3) is 11.2 Å². The SMILES string of the molecule is Cn1c(=O)c2c(ncn2CC(=O)Nc2ccc(N3CCN(C(=O)C4=CCCC(P)=C4)CC3)cn2)n(C)c1=O. The Bertz CT molecular complexity index is 1590. The molecular weight excluding hydrogens is 507 g/mol. The molecule has 1 atom stereocenters. The Morgan fingerprint density at radius 1 is 1.05 bits per heavy atom. The second kappa shape index (κ2) is 10.4. The number of aromatic nitrogens is 5. The lowest BCUT2D eigenvalue weighted by Gasteiger charge is -2.36. The number of aryl methyl sites for hydroxylation is 1. The molecule has 0 saturated carbocycles. The van der Waals surface area contributed by atoms with Gasteiger partial charge in [0.1, 0.15) is 12.4 Å². The third-order valence-corrected chi connectivity index (χ3v) is 7.32. The Morgan fingerprint density at radius 2 is 1.82 bits per heavy atom. The van der Waals surface area contributed by atoms with Gasteiger partial charge in [0, 0.05) is 45.8 Å². The van der Waals surface area contributed by atoms with Crippen molar-refractivity contribution in [3.63, 3.8) is 0 Å². The number of nitrogens with one attached hydrogen (secondary N) is 1. The van der Waals surface area contributed by atoms with Crippen molar-refractivity contribution in [1.82, 2.24) is 28.6 Å². The minimum Gasteiger partial charge on any atom is -0.367 e. The summed E-state index contributed by atoms with van der Waals surface area (Å²) in [5.74, 6) is 0.0695. The Labute approximate surface area is 220 Å². The van der Waals surface area contributed by atoms with E-state index in [1.54, 1.807) is 12.3 Å². The summed E-state index contributed by atoms with van der Waals surface area (Å²) >= 11 is 0. The molecule has 1 N–H and O–H groups in total. The average molecular weight is 537 g/mol. The van der Waals surface area contributed by atoms with Crippen LogP contribution >= 0.6 is 9.24 Å². The molecule has 1 saturated heterocycles. The number of allylic oxidation sites excluding steroid dienone is 2. The highest BCUT2D eigenvalue weighted by Gasteiger charge is 2.24. The van der Waals surface area contributed by atoms with Crippen LogP contribution in [0.3, 0.4) is 0 Å². The van der Waals surface area contributed by atoms with Gasteiger partial charge in [0.25, 0.3) is 11.5 Å². The number of nitrogens with zero attached hydrogens (tertiary/aromatic N) is 7. The number of imidazole rings is 1. The Kier molecular flexibility index (Phi) is 6.98. The lowest BCUT2D eigenvalue weighted by Crippen LogP contribution is -2.49. The highest BCUT2D eigenvalue weighted by molar-refractivity contribution is 7.22. The zero-order valence-electron chi connectivity index (χ0n) is 21.3. The minimum absolute atomic E-state index is 0.0752. The molecule has 2 amide bonds. The molecule has 2 aliphatic rings. The molecule has 0 aromatic carbocycles. The lowest BCUT2D eigenvalue weighted by molar-refractivity contribution is -0.127. The number of amides is 2. The van der Waals surface area contributed by atoms with Crippen molar-refractivity contribution in [3.8, 4) is 0 Å². The minimum atomic E-state index is -0.515. The summed E-state index contributed by atoms with van der Waals surface area (Å²) in [5.41, 5.74) is 1.07. The molecule has 38 heavy (non-hydrogen) atoms. The van der Waals surface area contributed by atoms with Gasteiger partial charge in [-0.05, 0) is 31.1 Å². The maximum absolute atomic E-state index is 12.8. The fourth-order valence-corrected chi connectivity index (χ4v) is 5.07. The molecule has 0 spiro atoms. The normalized spacial score (nSPS) is 15.9. The van der Waals surface area contributed by atoms with Crippen molar-refractivity contribution in [2.45, 2.75) is 19.4 Å². The van der Waals surface area contributed by atoms with Crippen LogP contribution < -0.4 is 21.5 Å². The van der Waals surface area contributed by atoms with Gasteiger partial charge in [0.2, 0.25) is 5.91 Å². The Hall–Kier alpha value is -4.05. The Morgan fingerprint density at radius 3 is 2.50 bits per heavy atom. The number of pyridine rings is 1. The summed E-state index contributed by atoms with van der Waals surface area (Å²) in [6, 6.07) is 3.60. The highest BCUT2D eigenvalue weighted by Crippen LogP contribution is 2.24. The van der Waals surface area contributed by atoms with Crippen LogP contribution in [-0.4, -0.2) is 66.6 Å². The summed E-state index contributed by atoms with van der Waals surface area (Å²) in [4.78, 5) is 62.7. The van der Waals surface area contributed by atoms with E-state index in [4.69, 9.17) is 0 Å². The van der Waals surface area contributed by atoms with Gasteiger partial charge in [0.15, 0.2) is 11.2 Å². The van der Waals surface area contributed by atoms with E-state index < -0.39 is 11.2 Å². The lowest BCUT2D eigenvalue weighted by atomic mass is 10.1. The third-order valence-electron chi connectivity index (χ3n) is 6.86. The van der Waals surface area contributed by atoms with E-state index in [1.807, 2.05) is 23.1 Å². The first kappa shape index (κ1) is 25.6. The van der Waals surface area contributed by atoms with E-state index in [0.717, 1.165) is 34.0 Å². The van der Waals surface area contributed by atoms with Gasteiger partial charge in [-0.25, -0.2) is 14.8 Å². The number of anilines is 2. The van der Waals surface area contributed by atoms with Crippen LogP contribution in [-0.2, 0) is 30.2 Å². The summed E-state index contributed by atoms with van der Waals surface area (Å²) < 4.78 is 3.67. The fourth-order valence-electron chi connectivity index (χ4n) is 4.73. The molecule has 5 rings (SSSR count). The predicted octanol–water partition coefficient (Wildman–Crippen LogP) is 0.595. The quantitative estimate of drug-likeness (QED) is 0.473. The Balaban J connectivity index is 1.19. The van der Waals surface area contributed by atoms with Crippen LogP contribution in [0.4, 0.5) is 11.5 Å². The van der Waals surface area contributed by atoms with Gasteiger partial charge in [-0.2, -0.15) is 0 Å². The molecule has 4 heterocycles. The van der Waals surface area contributed by atoms with Crippen molar-refractivity contribution in [3.05, 3.63) is 68.5 Å². The second-order valence-corrected chi connectivity index (χ2v) is 10.1. The van der Waals surface area contributed by atoms with Gasteiger partial charge in [-0.1, -0.05) is 11.4 Å². The van der Waals surface area contributed by atoms with E-state index in [-0.39, 0.29) is 29.5 Å². The largest absolute Gasteiger partial charge is 0.367 e. The molecule has 0 bridgehead atoms. The number of rotatable bonds is 5. The molecule has 13 heteroatoms. The summed E-state index contributed by atoms with van der Waals surface area (Å²) in [6.07, 6.45) is 8.89. The molecule has 1 fully saturated rings. The first-order chi connectivity index (χ1) is 18.2. The zero-order valence-corrected chi connectivity index (χ0v) is 22.4. The van der Waals surface area contributed by atoms with Crippen molar-refractivity contribution >= 4 is 43.7 Å². The van der Waals surface area contributed by atoms with Crippen LogP contribution in [0.2, 0.25) is 0 Å². The van der Waals surface area contributed by atoms with Crippen LogP contribution in [0.15, 0.2) is 57.3 Å². The van der Waals surface area contributed by atoms with E-state index in [0.29, 0.717) is 32.0 Å². The summed E-state index contributed by atoms with van der Waals surface area (Å²) in [6.45, 7) is 2.47. The van der Waals surface area contributed by atoms with Gasteiger partial charge >= 0.3 is 5.69 Å². The zero-order chi connectivity index (χ0) is 27.0. The van der Waals surface area contributed by atoms with E-state index >= 15 is 0 Å². The number of carbonyl (C=O) groups excluding carboxylic acids is 2. The summed E-state index contributed by atoms with van der Waals surface area (Å²) in [5, 5.41) is 3.89. The molecule has 1 aliphatic carbocycles. The fraction of sp³-hybridized carbons (Fsp3) is 0.360. The van der Waals surface area contributed by atoms with E-state index in [2.05, 4.69) is 29.4 Å². The van der Waals surface area contributed by atoms with Gasteiger partial charge in [0.05, 0.1) is 18.2 Å². The molecule has 0 radical (unpaired) electrons. The van der Waals surface area contributed by atoms with Gasteiger partial charge < -0.3 is 19.7 Å². The average Bonchev–Trinajstić information content (AvgIpc) is 3.34. The number of hydrogen-bond donors (Lipinski definition) is 1. The van der Waals surface area contributed by atoms with Crippen molar-refractivity contribution in [2.75, 3.05) is 36.4 Å². The van der Waals surface area contributed by atoms with E-state index in [9.17, 15) is 19.2 Å². The van der Waals surface area contributed by atoms with Crippen LogP contribution in [0, 0.1) is 0 Å². The number of carbonyl (C=O) groups is 2. The molecular formula is C25H29N8O4P. The summed E-state index contributed by atoms with van der Waals surface area (Å²) in [7, 11) is 5.61. The monoisotopic (exact) mass is 536 g/mol. The molecule has 3 aromatic heterocycles. The first-order valence-electron chi connectivity index (χ1n) is 12.3. The van der Waals surface area contributed by atoms with E-state index in [1.165, 1.54) is 29.6 Å². The van der Waals surface area contributed by atoms with Gasteiger partial charge in [-0.15, -0.1) is 9.24 Å². The number of piperazine rings is 1. The van der Waals surface area contributed by atoms with Crippen molar-refractivity contribution in [1.29, 1.82) is 0 Å². The number of hydrogen-bond acceptors (Lipinski definition) is 7. The standard InChI is InChI=1S/C25H29N8O4P/c1-29-22-21(24(36)30(2)25(29)37)33(15-27-22)14-20(34)28-19-7-6-17(13-26-19)31-8-10-32(11-9-31)23(35)16-4-3-5-18(38)12-16/h4,6-7,12-13,15H,3,5,8-11,14,38H2,1-2H3,(H,26,28,34). The number of fused-ring (bicyclic) bond motifs is 1. The molecule has 198 valence electrons. The van der Waals surface area contributed by atoms with Crippen LogP contribution in [0.1, 0.15) is 12.8 Å². The van der Waals surface area contributed by atoms with Crippen molar-refractivity contribution < 1.29 is 9.59 Å². The first-order valence-corrected chi connectivity index (χ1v) is 12.9. The molecule has 1 aliphatic heterocycles. The maximum atomic E-state index is 12.8. The molecule has 12 nitrogen and oxygen atoms in total. The highest BCUT2D eigenvalue weighted by atomic mass is 31.0. The maximum Gasteiger partial charge on any atom is 0.332 e. The molecule has 3 aromatic rings.